The Morgan fingerprint density at radius 1 is 1.52 bits per heavy atom. The smallest absolute Gasteiger partial charge is 0.358 e. The number of ether oxygens (including phenoxy) is 1. The molecule has 2 aromatic rings. The van der Waals surface area contributed by atoms with Gasteiger partial charge in [-0.3, -0.25) is 0 Å². The van der Waals surface area contributed by atoms with Crippen LogP contribution in [-0.2, 0) is 4.74 Å². The molecule has 0 saturated heterocycles. The van der Waals surface area contributed by atoms with Gasteiger partial charge >= 0.3 is 5.97 Å². The van der Waals surface area contributed by atoms with Crippen molar-refractivity contribution in [3.63, 3.8) is 0 Å². The highest BCUT2D eigenvalue weighted by Crippen LogP contribution is 2.14. The van der Waals surface area contributed by atoms with Gasteiger partial charge in [-0.05, 0) is 12.5 Å². The van der Waals surface area contributed by atoms with Gasteiger partial charge in [0.15, 0.2) is 5.69 Å². The molecule has 0 spiro atoms. The second-order valence-electron chi connectivity index (χ2n) is 4.49. The summed E-state index contributed by atoms with van der Waals surface area (Å²) in [5.74, 6) is 0.175. The summed E-state index contributed by atoms with van der Waals surface area (Å²) in [6, 6.07) is 3.58. The van der Waals surface area contributed by atoms with E-state index in [1.807, 2.05) is 13.0 Å². The van der Waals surface area contributed by atoms with Crippen LogP contribution in [0.15, 0.2) is 30.9 Å². The highest BCUT2D eigenvalue weighted by Gasteiger charge is 2.10. The average molecular weight is 290 g/mol. The number of aliphatic hydroxyl groups is 1. The average Bonchev–Trinajstić information content (AvgIpc) is 3.02. The molecule has 0 saturated carbocycles. The number of nitrogens with one attached hydrogen (secondary N) is 1. The lowest BCUT2D eigenvalue weighted by atomic mass is 10.2. The Hall–Kier alpha value is -2.41. The number of imidazole rings is 1. The van der Waals surface area contributed by atoms with Crippen molar-refractivity contribution in [2.75, 3.05) is 19.0 Å². The normalized spacial score (nSPS) is 12.0. The van der Waals surface area contributed by atoms with Crippen molar-refractivity contribution in [3.05, 3.63) is 36.5 Å². The molecule has 0 aliphatic rings. The Morgan fingerprint density at radius 2 is 2.33 bits per heavy atom. The van der Waals surface area contributed by atoms with E-state index >= 15 is 0 Å². The standard InChI is InChI=1S/C14H18N4O3/c1-3-10(8-19)17-13-6-11(4-5-15-13)18-7-12(16-9-18)14(20)21-2/h4-7,9-10,19H,3,8H2,1-2H3,(H,15,17). The number of hydrogen-bond donors (Lipinski definition) is 2. The van der Waals surface area contributed by atoms with Gasteiger partial charge in [-0.2, -0.15) is 0 Å². The Balaban J connectivity index is 2.20. The first-order valence-electron chi connectivity index (χ1n) is 6.64. The molecule has 112 valence electrons. The van der Waals surface area contributed by atoms with Crippen molar-refractivity contribution in [2.24, 2.45) is 0 Å². The van der Waals surface area contributed by atoms with Crippen molar-refractivity contribution in [1.29, 1.82) is 0 Å². The molecule has 0 bridgehead atoms. The van der Waals surface area contributed by atoms with Crippen LogP contribution < -0.4 is 5.32 Å². The molecule has 2 aromatic heterocycles. The molecule has 2 heterocycles. The number of hydrogen-bond acceptors (Lipinski definition) is 6. The number of rotatable bonds is 6. The summed E-state index contributed by atoms with van der Waals surface area (Å²) in [5.41, 5.74) is 1.05. The molecule has 2 rings (SSSR count). The second kappa shape index (κ2) is 6.85. The van der Waals surface area contributed by atoms with Crippen LogP contribution in [0.25, 0.3) is 5.69 Å². The molecule has 1 unspecified atom stereocenters. The first-order valence-corrected chi connectivity index (χ1v) is 6.64. The molecule has 2 N–H and O–H groups in total. The number of nitrogens with zero attached hydrogens (tertiary/aromatic N) is 3. The summed E-state index contributed by atoms with van der Waals surface area (Å²) in [4.78, 5) is 19.6. The van der Waals surface area contributed by atoms with Crippen molar-refractivity contribution in [1.82, 2.24) is 14.5 Å². The van der Waals surface area contributed by atoms with E-state index in [4.69, 9.17) is 0 Å². The molecule has 21 heavy (non-hydrogen) atoms. The Kier molecular flexibility index (Phi) is 4.89. The first-order chi connectivity index (χ1) is 10.2. The number of carbonyl (C=O) groups excluding carboxylic acids is 1. The fourth-order valence-electron chi connectivity index (χ4n) is 1.82. The number of anilines is 1. The molecule has 0 radical (unpaired) electrons. The largest absolute Gasteiger partial charge is 0.464 e. The maximum absolute atomic E-state index is 11.4. The van der Waals surface area contributed by atoms with Gasteiger partial charge in [-0.15, -0.1) is 0 Å². The molecular formula is C14H18N4O3. The van der Waals surface area contributed by atoms with Gasteiger partial charge in [-0.1, -0.05) is 6.92 Å². The summed E-state index contributed by atoms with van der Waals surface area (Å²) in [5, 5.41) is 12.4. The molecule has 0 amide bonds. The number of esters is 1. The van der Waals surface area contributed by atoms with E-state index in [1.165, 1.54) is 13.4 Å². The zero-order valence-corrected chi connectivity index (χ0v) is 12.0. The molecule has 0 aromatic carbocycles. The van der Waals surface area contributed by atoms with Crippen LogP contribution in [-0.4, -0.2) is 45.4 Å². The van der Waals surface area contributed by atoms with Crippen LogP contribution in [0.2, 0.25) is 0 Å². The van der Waals surface area contributed by atoms with Gasteiger partial charge in [0.05, 0.1) is 25.4 Å². The van der Waals surface area contributed by atoms with E-state index in [0.29, 0.717) is 5.82 Å². The number of aromatic nitrogens is 3. The highest BCUT2D eigenvalue weighted by molar-refractivity contribution is 5.86. The Bertz CT molecular complexity index is 608. The SMILES string of the molecule is CCC(CO)Nc1cc(-n2cnc(C(=O)OC)c2)ccn1. The van der Waals surface area contributed by atoms with Crippen LogP contribution in [0.5, 0.6) is 0 Å². The summed E-state index contributed by atoms with van der Waals surface area (Å²) in [6.07, 6.45) is 5.57. The van der Waals surface area contributed by atoms with Gasteiger partial charge < -0.3 is 19.7 Å². The number of carbonyl (C=O) groups is 1. The summed E-state index contributed by atoms with van der Waals surface area (Å²) in [6.45, 7) is 2.02. The van der Waals surface area contributed by atoms with Gasteiger partial charge in [0.2, 0.25) is 0 Å². The van der Waals surface area contributed by atoms with E-state index in [-0.39, 0.29) is 18.3 Å². The zero-order chi connectivity index (χ0) is 15.2. The van der Waals surface area contributed by atoms with Gasteiger partial charge in [0, 0.05) is 18.5 Å². The fourth-order valence-corrected chi connectivity index (χ4v) is 1.82. The lowest BCUT2D eigenvalue weighted by Gasteiger charge is -2.15. The predicted octanol–water partition coefficient (Wildman–Crippen LogP) is 1.24. The summed E-state index contributed by atoms with van der Waals surface area (Å²) < 4.78 is 6.33. The molecular weight excluding hydrogens is 272 g/mol. The van der Waals surface area contributed by atoms with Crippen LogP contribution in [0, 0.1) is 0 Å². The third-order valence-corrected chi connectivity index (χ3v) is 3.08. The minimum Gasteiger partial charge on any atom is -0.464 e. The van der Waals surface area contributed by atoms with E-state index in [0.717, 1.165) is 12.1 Å². The molecule has 7 heteroatoms. The van der Waals surface area contributed by atoms with Crippen LogP contribution in [0.1, 0.15) is 23.8 Å². The first kappa shape index (κ1) is 15.0. The predicted molar refractivity (Wildman–Crippen MR) is 77.5 cm³/mol. The van der Waals surface area contributed by atoms with Crippen LogP contribution in [0.4, 0.5) is 5.82 Å². The molecule has 1 atom stereocenters. The minimum absolute atomic E-state index is 0.0406. The maximum atomic E-state index is 11.4. The van der Waals surface area contributed by atoms with E-state index in [9.17, 15) is 9.90 Å². The zero-order valence-electron chi connectivity index (χ0n) is 12.0. The maximum Gasteiger partial charge on any atom is 0.358 e. The summed E-state index contributed by atoms with van der Waals surface area (Å²) >= 11 is 0. The van der Waals surface area contributed by atoms with Crippen molar-refractivity contribution >= 4 is 11.8 Å². The second-order valence-corrected chi connectivity index (χ2v) is 4.49. The number of aliphatic hydroxyl groups excluding tert-OH is 1. The Labute approximate surface area is 122 Å². The van der Waals surface area contributed by atoms with Crippen molar-refractivity contribution < 1.29 is 14.6 Å². The van der Waals surface area contributed by atoms with Gasteiger partial charge in [0.25, 0.3) is 0 Å². The molecule has 0 aliphatic carbocycles. The quantitative estimate of drug-likeness (QED) is 0.778. The number of pyridine rings is 1. The van der Waals surface area contributed by atoms with E-state index in [1.54, 1.807) is 23.0 Å². The summed E-state index contributed by atoms with van der Waals surface area (Å²) in [7, 11) is 1.32. The monoisotopic (exact) mass is 290 g/mol. The molecule has 0 aliphatic heterocycles. The van der Waals surface area contributed by atoms with Gasteiger partial charge in [-0.25, -0.2) is 14.8 Å². The van der Waals surface area contributed by atoms with Crippen molar-refractivity contribution in [3.8, 4) is 5.69 Å². The highest BCUT2D eigenvalue weighted by atomic mass is 16.5. The minimum atomic E-state index is -0.479. The topological polar surface area (TPSA) is 89.3 Å². The number of methoxy groups -OCH3 is 1. The lowest BCUT2D eigenvalue weighted by Crippen LogP contribution is -2.23. The third kappa shape index (κ3) is 3.57. The Morgan fingerprint density at radius 3 is 3.00 bits per heavy atom. The fraction of sp³-hybridized carbons (Fsp3) is 0.357. The van der Waals surface area contributed by atoms with E-state index < -0.39 is 5.97 Å². The van der Waals surface area contributed by atoms with Crippen molar-refractivity contribution in [2.45, 2.75) is 19.4 Å². The van der Waals surface area contributed by atoms with Crippen LogP contribution >= 0.6 is 0 Å². The third-order valence-electron chi connectivity index (χ3n) is 3.08. The lowest BCUT2D eigenvalue weighted by molar-refractivity contribution is 0.0594. The molecule has 0 fully saturated rings. The van der Waals surface area contributed by atoms with Crippen LogP contribution in [0.3, 0.4) is 0 Å². The molecule has 7 nitrogen and oxygen atoms in total. The van der Waals surface area contributed by atoms with Gasteiger partial charge in [0.1, 0.15) is 12.1 Å². The van der Waals surface area contributed by atoms with E-state index in [2.05, 4.69) is 20.0 Å².